The minimum atomic E-state index is -2.40. The summed E-state index contributed by atoms with van der Waals surface area (Å²) in [5.41, 5.74) is 0. The Morgan fingerprint density at radius 1 is 1.11 bits per heavy atom. The molecule has 1 N–H and O–H groups in total. The normalized spacial score (nSPS) is 22.3. The molecule has 0 aromatic heterocycles. The van der Waals surface area contributed by atoms with E-state index in [1.54, 1.807) is 0 Å². The lowest BCUT2D eigenvalue weighted by Crippen LogP contribution is -2.45. The molecule has 1 aliphatic rings. The van der Waals surface area contributed by atoms with Crippen molar-refractivity contribution in [1.82, 2.24) is 5.32 Å². The predicted octanol–water partition coefficient (Wildman–Crippen LogP) is 4.62. The van der Waals surface area contributed by atoms with Crippen LogP contribution in [0.25, 0.3) is 0 Å². The summed E-state index contributed by atoms with van der Waals surface area (Å²) >= 11 is 0. The first-order valence-corrected chi connectivity index (χ1v) is 7.65. The fourth-order valence-electron chi connectivity index (χ4n) is 3.25. The van der Waals surface area contributed by atoms with Crippen molar-refractivity contribution in [3.8, 4) is 0 Å². The van der Waals surface area contributed by atoms with Crippen LogP contribution in [0.1, 0.15) is 65.7 Å². The van der Waals surface area contributed by atoms with E-state index in [-0.39, 0.29) is 12.8 Å². The number of halogens is 2. The molecule has 1 nitrogen and oxygen atoms in total. The molecule has 0 radical (unpaired) electrons. The van der Waals surface area contributed by atoms with E-state index in [2.05, 4.69) is 26.1 Å². The van der Waals surface area contributed by atoms with Crippen molar-refractivity contribution in [2.24, 2.45) is 11.8 Å². The molecule has 0 heterocycles. The molecule has 1 fully saturated rings. The zero-order chi connectivity index (χ0) is 13.6. The van der Waals surface area contributed by atoms with E-state index >= 15 is 0 Å². The fourth-order valence-corrected chi connectivity index (χ4v) is 3.25. The van der Waals surface area contributed by atoms with E-state index in [1.807, 2.05) is 0 Å². The topological polar surface area (TPSA) is 12.0 Å². The SMILES string of the molecule is CCCNC(C(CC)CC)C1CCC(F)(F)CC1. The Morgan fingerprint density at radius 3 is 2.11 bits per heavy atom. The van der Waals surface area contributed by atoms with E-state index in [4.69, 9.17) is 0 Å². The summed E-state index contributed by atoms with van der Waals surface area (Å²) in [7, 11) is 0. The van der Waals surface area contributed by atoms with Gasteiger partial charge in [-0.3, -0.25) is 0 Å². The van der Waals surface area contributed by atoms with Gasteiger partial charge in [0.05, 0.1) is 0 Å². The Hall–Kier alpha value is -0.180. The van der Waals surface area contributed by atoms with Gasteiger partial charge in [0.1, 0.15) is 0 Å². The lowest BCUT2D eigenvalue weighted by atomic mass is 9.76. The minimum Gasteiger partial charge on any atom is -0.313 e. The van der Waals surface area contributed by atoms with Gasteiger partial charge in [0.15, 0.2) is 0 Å². The van der Waals surface area contributed by atoms with E-state index in [1.165, 1.54) is 0 Å². The smallest absolute Gasteiger partial charge is 0.248 e. The maximum atomic E-state index is 13.2. The third kappa shape index (κ3) is 4.49. The van der Waals surface area contributed by atoms with Gasteiger partial charge in [0, 0.05) is 18.9 Å². The largest absolute Gasteiger partial charge is 0.313 e. The summed E-state index contributed by atoms with van der Waals surface area (Å²) in [6.07, 6.45) is 4.94. The van der Waals surface area contributed by atoms with E-state index < -0.39 is 5.92 Å². The number of hydrogen-bond acceptors (Lipinski definition) is 1. The molecule has 0 amide bonds. The lowest BCUT2D eigenvalue weighted by molar-refractivity contribution is -0.0522. The fraction of sp³-hybridized carbons (Fsp3) is 1.00. The van der Waals surface area contributed by atoms with Crippen molar-refractivity contribution >= 4 is 0 Å². The van der Waals surface area contributed by atoms with Crippen LogP contribution in [0.15, 0.2) is 0 Å². The van der Waals surface area contributed by atoms with Crippen LogP contribution in [-0.2, 0) is 0 Å². The number of rotatable bonds is 7. The van der Waals surface area contributed by atoms with Crippen LogP contribution in [0.3, 0.4) is 0 Å². The maximum Gasteiger partial charge on any atom is 0.248 e. The molecular weight excluding hydrogens is 232 g/mol. The van der Waals surface area contributed by atoms with Gasteiger partial charge in [0.25, 0.3) is 0 Å². The average Bonchev–Trinajstić information content (AvgIpc) is 2.35. The predicted molar refractivity (Wildman–Crippen MR) is 73.1 cm³/mol. The highest BCUT2D eigenvalue weighted by Gasteiger charge is 2.38. The van der Waals surface area contributed by atoms with E-state index in [0.29, 0.717) is 30.7 Å². The summed E-state index contributed by atoms with van der Waals surface area (Å²) < 4.78 is 26.5. The monoisotopic (exact) mass is 261 g/mol. The van der Waals surface area contributed by atoms with Gasteiger partial charge in [-0.25, -0.2) is 8.78 Å². The van der Waals surface area contributed by atoms with Crippen LogP contribution >= 0.6 is 0 Å². The molecule has 108 valence electrons. The second kappa shape index (κ2) is 7.42. The maximum absolute atomic E-state index is 13.2. The number of hydrogen-bond donors (Lipinski definition) is 1. The van der Waals surface area contributed by atoms with Gasteiger partial charge in [-0.1, -0.05) is 33.6 Å². The number of alkyl halides is 2. The molecular formula is C15H29F2N. The summed E-state index contributed by atoms with van der Waals surface area (Å²) in [5.74, 6) is -1.32. The van der Waals surface area contributed by atoms with Crippen LogP contribution in [-0.4, -0.2) is 18.5 Å². The molecule has 3 heteroatoms. The van der Waals surface area contributed by atoms with Crippen molar-refractivity contribution in [2.75, 3.05) is 6.54 Å². The summed E-state index contributed by atoms with van der Waals surface area (Å²) in [6, 6.07) is 0.441. The highest BCUT2D eigenvalue weighted by Crippen LogP contribution is 2.39. The molecule has 0 aromatic rings. The first kappa shape index (κ1) is 15.9. The van der Waals surface area contributed by atoms with Crippen molar-refractivity contribution in [3.05, 3.63) is 0 Å². The Kier molecular flexibility index (Phi) is 6.54. The highest BCUT2D eigenvalue weighted by atomic mass is 19.3. The summed E-state index contributed by atoms with van der Waals surface area (Å²) in [5, 5.41) is 3.62. The third-order valence-corrected chi connectivity index (χ3v) is 4.46. The Morgan fingerprint density at radius 2 is 1.67 bits per heavy atom. The quantitative estimate of drug-likeness (QED) is 0.705. The van der Waals surface area contributed by atoms with Crippen LogP contribution in [0.5, 0.6) is 0 Å². The zero-order valence-electron chi connectivity index (χ0n) is 12.1. The van der Waals surface area contributed by atoms with Gasteiger partial charge in [-0.2, -0.15) is 0 Å². The average molecular weight is 261 g/mol. The van der Waals surface area contributed by atoms with Gasteiger partial charge in [-0.15, -0.1) is 0 Å². The van der Waals surface area contributed by atoms with Crippen molar-refractivity contribution in [1.29, 1.82) is 0 Å². The molecule has 0 aliphatic heterocycles. The first-order chi connectivity index (χ1) is 8.54. The molecule has 0 spiro atoms. The minimum absolute atomic E-state index is 0.0854. The molecule has 1 unspecified atom stereocenters. The molecule has 1 rings (SSSR count). The molecule has 1 aliphatic carbocycles. The summed E-state index contributed by atoms with van der Waals surface area (Å²) in [4.78, 5) is 0. The van der Waals surface area contributed by atoms with Crippen molar-refractivity contribution in [2.45, 2.75) is 77.7 Å². The zero-order valence-corrected chi connectivity index (χ0v) is 12.1. The van der Waals surface area contributed by atoms with Gasteiger partial charge < -0.3 is 5.32 Å². The molecule has 1 saturated carbocycles. The lowest BCUT2D eigenvalue weighted by Gasteiger charge is -2.38. The second-order valence-electron chi connectivity index (χ2n) is 5.75. The Labute approximate surface area is 111 Å². The van der Waals surface area contributed by atoms with Gasteiger partial charge in [0.2, 0.25) is 5.92 Å². The third-order valence-electron chi connectivity index (χ3n) is 4.46. The Bertz CT molecular complexity index is 217. The van der Waals surface area contributed by atoms with Crippen LogP contribution < -0.4 is 5.32 Å². The first-order valence-electron chi connectivity index (χ1n) is 7.65. The molecule has 1 atom stereocenters. The molecule has 0 aromatic carbocycles. The molecule has 18 heavy (non-hydrogen) atoms. The molecule has 0 bridgehead atoms. The molecule has 0 saturated heterocycles. The standard InChI is InChI=1S/C15H29F2N/c1-4-11-18-14(12(5-2)6-3)13-7-9-15(16,17)10-8-13/h12-14,18H,4-11H2,1-3H3. The van der Waals surface area contributed by atoms with Crippen LogP contribution in [0, 0.1) is 11.8 Å². The van der Waals surface area contributed by atoms with E-state index in [9.17, 15) is 8.78 Å². The van der Waals surface area contributed by atoms with Crippen molar-refractivity contribution < 1.29 is 8.78 Å². The van der Waals surface area contributed by atoms with Gasteiger partial charge in [-0.05, 0) is 37.6 Å². The summed E-state index contributed by atoms with van der Waals surface area (Å²) in [6.45, 7) is 7.60. The Balaban J connectivity index is 2.59. The van der Waals surface area contributed by atoms with Crippen molar-refractivity contribution in [3.63, 3.8) is 0 Å². The highest BCUT2D eigenvalue weighted by molar-refractivity contribution is 4.88. The van der Waals surface area contributed by atoms with E-state index in [0.717, 1.165) is 25.8 Å². The van der Waals surface area contributed by atoms with Crippen LogP contribution in [0.2, 0.25) is 0 Å². The number of nitrogens with one attached hydrogen (secondary N) is 1. The van der Waals surface area contributed by atoms with Crippen LogP contribution in [0.4, 0.5) is 8.78 Å². The second-order valence-corrected chi connectivity index (χ2v) is 5.75. The van der Waals surface area contributed by atoms with Gasteiger partial charge >= 0.3 is 0 Å².